The normalized spacial score (nSPS) is 15.1. The third-order valence-electron chi connectivity index (χ3n) is 6.16. The number of aromatic nitrogens is 2. The van der Waals surface area contributed by atoms with Gasteiger partial charge < -0.3 is 19.1 Å². The number of para-hydroxylation sites is 1. The van der Waals surface area contributed by atoms with Crippen molar-refractivity contribution in [2.24, 2.45) is 0 Å². The highest BCUT2D eigenvalue weighted by molar-refractivity contribution is 5.74. The highest BCUT2D eigenvalue weighted by Crippen LogP contribution is 2.35. The van der Waals surface area contributed by atoms with Crippen molar-refractivity contribution in [3.8, 4) is 5.75 Å². The van der Waals surface area contributed by atoms with Crippen molar-refractivity contribution in [3.63, 3.8) is 0 Å². The molecule has 1 aromatic heterocycles. The summed E-state index contributed by atoms with van der Waals surface area (Å²) in [5.41, 5.74) is -0.735. The number of carbonyl (C=O) groups excluding carboxylic acids is 1. The lowest BCUT2D eigenvalue weighted by molar-refractivity contribution is -0.161. The zero-order valence-corrected chi connectivity index (χ0v) is 22.7. The van der Waals surface area contributed by atoms with Gasteiger partial charge in [0.1, 0.15) is 29.4 Å². The summed E-state index contributed by atoms with van der Waals surface area (Å²) >= 11 is 0. The number of carbonyl (C=O) groups is 1. The van der Waals surface area contributed by atoms with Gasteiger partial charge in [-0.3, -0.25) is 9.88 Å². The predicted octanol–water partition coefficient (Wildman–Crippen LogP) is 6.21. The van der Waals surface area contributed by atoms with Crippen LogP contribution in [-0.4, -0.2) is 60.1 Å². The van der Waals surface area contributed by atoms with Gasteiger partial charge in [0.2, 0.25) is 0 Å². The molecular formula is C29H33F3N4O4. The Morgan fingerprint density at radius 3 is 2.30 bits per heavy atom. The van der Waals surface area contributed by atoms with Crippen LogP contribution in [0.4, 0.5) is 36.2 Å². The number of alkyl halides is 3. The first-order chi connectivity index (χ1) is 19.0. The van der Waals surface area contributed by atoms with E-state index in [1.807, 2.05) is 40.1 Å². The van der Waals surface area contributed by atoms with E-state index >= 15 is 4.39 Å². The zero-order valence-electron chi connectivity index (χ0n) is 22.7. The van der Waals surface area contributed by atoms with Crippen LogP contribution in [0.15, 0.2) is 67.0 Å². The number of rotatable bonds is 10. The minimum atomic E-state index is -2.91. The summed E-state index contributed by atoms with van der Waals surface area (Å²) in [5, 5.41) is 0. The van der Waals surface area contributed by atoms with Gasteiger partial charge in [-0.2, -0.15) is 8.78 Å². The topological polar surface area (TPSA) is 77.0 Å². The van der Waals surface area contributed by atoms with E-state index in [9.17, 15) is 13.6 Å². The highest BCUT2D eigenvalue weighted by atomic mass is 19.3. The van der Waals surface area contributed by atoms with Crippen molar-refractivity contribution in [1.29, 1.82) is 0 Å². The van der Waals surface area contributed by atoms with Gasteiger partial charge in [-0.15, -0.1) is 0 Å². The molecule has 1 aliphatic rings. The van der Waals surface area contributed by atoms with Crippen LogP contribution in [-0.2, 0) is 14.3 Å². The van der Waals surface area contributed by atoms with Crippen LogP contribution in [0.2, 0.25) is 0 Å². The molecule has 1 aliphatic heterocycles. The number of hydrogen-bond acceptors (Lipinski definition) is 8. The van der Waals surface area contributed by atoms with E-state index < -0.39 is 23.9 Å². The molecule has 2 heterocycles. The highest BCUT2D eigenvalue weighted by Gasteiger charge is 2.36. The molecule has 2 aromatic carbocycles. The fraction of sp³-hybridized carbons (Fsp3) is 0.414. The smallest absolute Gasteiger partial charge is 0.387 e. The Morgan fingerprint density at radius 1 is 1.02 bits per heavy atom. The molecule has 3 aromatic rings. The first kappa shape index (κ1) is 29.1. The maximum absolute atomic E-state index is 15.4. The van der Waals surface area contributed by atoms with Crippen LogP contribution in [0.5, 0.6) is 5.75 Å². The summed E-state index contributed by atoms with van der Waals surface area (Å²) in [7, 11) is 0. The number of halogens is 3. The van der Waals surface area contributed by atoms with E-state index in [0.717, 1.165) is 5.69 Å². The minimum Gasteiger partial charge on any atom is -0.458 e. The molecule has 8 nitrogen and oxygen atoms in total. The molecule has 4 rings (SSSR count). The van der Waals surface area contributed by atoms with Crippen LogP contribution in [0.25, 0.3) is 0 Å². The lowest BCUT2D eigenvalue weighted by Crippen LogP contribution is -2.45. The molecule has 0 atom stereocenters. The van der Waals surface area contributed by atoms with Gasteiger partial charge in [0.25, 0.3) is 0 Å². The fourth-order valence-electron chi connectivity index (χ4n) is 4.34. The number of ether oxygens (including phenoxy) is 3. The van der Waals surface area contributed by atoms with Gasteiger partial charge in [-0.1, -0.05) is 18.2 Å². The maximum atomic E-state index is 15.4. The van der Waals surface area contributed by atoms with Crippen LogP contribution in [0.1, 0.15) is 33.6 Å². The lowest BCUT2D eigenvalue weighted by Gasteiger charge is -2.37. The molecule has 0 saturated carbocycles. The van der Waals surface area contributed by atoms with Crippen molar-refractivity contribution >= 4 is 29.0 Å². The minimum absolute atomic E-state index is 0.0460. The van der Waals surface area contributed by atoms with Crippen LogP contribution in [0, 0.1) is 0 Å². The molecule has 0 aliphatic carbocycles. The van der Waals surface area contributed by atoms with Gasteiger partial charge >= 0.3 is 12.6 Å². The lowest BCUT2D eigenvalue weighted by atomic mass is 9.94. The molecule has 40 heavy (non-hydrogen) atoms. The summed E-state index contributed by atoms with van der Waals surface area (Å²) < 4.78 is 55.7. The Kier molecular flexibility index (Phi) is 9.14. The molecule has 0 amide bonds. The average Bonchev–Trinajstić information content (AvgIpc) is 2.90. The molecule has 1 saturated heterocycles. The Labute approximate surface area is 231 Å². The second-order valence-electron chi connectivity index (χ2n) is 10.5. The summed E-state index contributed by atoms with van der Waals surface area (Å²) in [6, 6.07) is 15.7. The number of benzene rings is 2. The molecule has 0 bridgehead atoms. The third kappa shape index (κ3) is 8.08. The van der Waals surface area contributed by atoms with E-state index in [0.29, 0.717) is 30.4 Å². The number of hydrogen-bond donors (Lipinski definition) is 0. The van der Waals surface area contributed by atoms with Gasteiger partial charge in [0.05, 0.1) is 19.0 Å². The summed E-state index contributed by atoms with van der Waals surface area (Å²) in [5.74, 6) is 0.598. The number of anilines is 4. The van der Waals surface area contributed by atoms with Crippen molar-refractivity contribution in [2.45, 2.75) is 51.5 Å². The van der Waals surface area contributed by atoms with Gasteiger partial charge in [0.15, 0.2) is 5.82 Å². The summed E-state index contributed by atoms with van der Waals surface area (Å²) in [6.45, 7) is 2.64. The van der Waals surface area contributed by atoms with Crippen molar-refractivity contribution in [1.82, 2.24) is 9.97 Å². The monoisotopic (exact) mass is 558 g/mol. The second kappa shape index (κ2) is 12.5. The van der Waals surface area contributed by atoms with Crippen molar-refractivity contribution in [3.05, 3.63) is 67.0 Å². The van der Waals surface area contributed by atoms with E-state index in [4.69, 9.17) is 14.5 Å². The standard InChI is InChI=1S/C29H33F3N4O4/c1-28(2,3)40-26(37)19-38-20-29(32)13-15-35(16-14-29)24-17-33-18-25(34-24)36(21-7-5-4-6-8-21)22-9-11-23(12-10-22)39-27(30)31/h4-12,17-18,27H,13-16,19-20H2,1-3H3. The van der Waals surface area contributed by atoms with Crippen LogP contribution >= 0.6 is 0 Å². The van der Waals surface area contributed by atoms with E-state index in [2.05, 4.69) is 9.72 Å². The number of nitrogens with zero attached hydrogens (tertiary/aromatic N) is 4. The number of piperidine rings is 1. The molecule has 0 spiro atoms. The van der Waals surface area contributed by atoms with E-state index in [-0.39, 0.29) is 31.8 Å². The van der Waals surface area contributed by atoms with Crippen LogP contribution in [0.3, 0.4) is 0 Å². The fourth-order valence-corrected chi connectivity index (χ4v) is 4.34. The molecule has 1 fully saturated rings. The first-order valence-electron chi connectivity index (χ1n) is 13.0. The van der Waals surface area contributed by atoms with Gasteiger partial charge in [-0.25, -0.2) is 14.2 Å². The zero-order chi connectivity index (χ0) is 28.8. The average molecular weight is 559 g/mol. The molecule has 0 unspecified atom stereocenters. The Morgan fingerprint density at radius 2 is 1.68 bits per heavy atom. The second-order valence-corrected chi connectivity index (χ2v) is 10.5. The van der Waals surface area contributed by atoms with E-state index in [1.165, 1.54) is 12.1 Å². The SMILES string of the molecule is CC(C)(C)OC(=O)COCC1(F)CCN(c2cncc(N(c3ccccc3)c3ccc(OC(F)F)cc3)n2)CC1. The Balaban J connectivity index is 1.45. The predicted molar refractivity (Wildman–Crippen MR) is 145 cm³/mol. The van der Waals surface area contributed by atoms with Crippen molar-refractivity contribution in [2.75, 3.05) is 36.1 Å². The summed E-state index contributed by atoms with van der Waals surface area (Å²) in [4.78, 5) is 24.8. The number of esters is 1. The third-order valence-corrected chi connectivity index (χ3v) is 6.16. The molecule has 0 radical (unpaired) electrons. The van der Waals surface area contributed by atoms with Crippen molar-refractivity contribution < 1.29 is 32.2 Å². The molecule has 0 N–H and O–H groups in total. The maximum Gasteiger partial charge on any atom is 0.387 e. The molecule has 11 heteroatoms. The Bertz CT molecular complexity index is 1250. The quantitative estimate of drug-likeness (QED) is 0.272. The summed E-state index contributed by atoms with van der Waals surface area (Å²) in [6.07, 6.45) is 3.62. The molecular weight excluding hydrogens is 525 g/mol. The van der Waals surface area contributed by atoms with Gasteiger partial charge in [0, 0.05) is 37.3 Å². The first-order valence-corrected chi connectivity index (χ1v) is 13.0. The molecule has 214 valence electrons. The largest absolute Gasteiger partial charge is 0.458 e. The van der Waals surface area contributed by atoms with E-state index in [1.54, 1.807) is 45.3 Å². The van der Waals surface area contributed by atoms with Crippen LogP contribution < -0.4 is 14.5 Å². The Hall–Kier alpha value is -3.86. The van der Waals surface area contributed by atoms with Gasteiger partial charge in [-0.05, 0) is 57.2 Å².